The summed E-state index contributed by atoms with van der Waals surface area (Å²) in [4.78, 5) is 13.6. The van der Waals surface area contributed by atoms with E-state index >= 15 is 0 Å². The van der Waals surface area contributed by atoms with E-state index in [1.54, 1.807) is 0 Å². The first-order valence-corrected chi connectivity index (χ1v) is 7.23. The summed E-state index contributed by atoms with van der Waals surface area (Å²) < 4.78 is 3.22. The number of rotatable bonds is 2. The second kappa shape index (κ2) is 4.36. The van der Waals surface area contributed by atoms with Gasteiger partial charge < -0.3 is 0 Å². The normalized spacial score (nSPS) is 11.8. The van der Waals surface area contributed by atoms with Crippen molar-refractivity contribution in [1.29, 1.82) is 0 Å². The molecule has 0 aromatic carbocycles. The topological polar surface area (TPSA) is 43.6 Å². The third-order valence-corrected chi connectivity index (χ3v) is 3.74. The summed E-state index contributed by atoms with van der Waals surface area (Å²) in [7, 11) is 0. The van der Waals surface area contributed by atoms with E-state index in [-0.39, 0.29) is 0 Å². The van der Waals surface area contributed by atoms with Gasteiger partial charge in [0.05, 0.1) is 0 Å². The predicted octanol–water partition coefficient (Wildman–Crippen LogP) is 0.894. The molecule has 0 saturated heterocycles. The molecule has 0 spiro atoms. The fourth-order valence-electron chi connectivity index (χ4n) is 2.20. The predicted molar refractivity (Wildman–Crippen MR) is 75.8 cm³/mol. The van der Waals surface area contributed by atoms with Crippen molar-refractivity contribution in [3.05, 3.63) is 24.7 Å². The zero-order valence-electron chi connectivity index (χ0n) is 10.5. The van der Waals surface area contributed by atoms with Crippen molar-refractivity contribution in [2.45, 2.75) is 20.4 Å². The Morgan fingerprint density at radius 1 is 1.28 bits per heavy atom. The molecule has 0 N–H and O–H groups in total. The van der Waals surface area contributed by atoms with E-state index < -0.39 is 0 Å². The molecule has 3 aromatic rings. The summed E-state index contributed by atoms with van der Waals surface area (Å²) in [6.45, 7) is 5.37. The van der Waals surface area contributed by atoms with E-state index in [2.05, 4.69) is 33.4 Å². The molecule has 92 valence electrons. The zero-order valence-corrected chi connectivity index (χ0v) is 12.9. The van der Waals surface area contributed by atoms with Crippen LogP contribution in [0, 0.1) is 5.92 Å². The van der Waals surface area contributed by atoms with Gasteiger partial charge in [-0.2, -0.15) is 0 Å². The van der Waals surface area contributed by atoms with Crippen LogP contribution in [0.1, 0.15) is 13.8 Å². The molecule has 0 aliphatic heterocycles. The minimum atomic E-state index is 0.583. The number of nitrogens with zero attached hydrogens (tertiary/aromatic N) is 4. The van der Waals surface area contributed by atoms with Gasteiger partial charge in [0.15, 0.2) is 0 Å². The summed E-state index contributed by atoms with van der Waals surface area (Å²) >= 11 is 1.51. The van der Waals surface area contributed by atoms with E-state index in [9.17, 15) is 0 Å². The number of hydrogen-bond acceptors (Lipinski definition) is 3. The van der Waals surface area contributed by atoms with Crippen molar-refractivity contribution >= 4 is 43.4 Å². The minimum absolute atomic E-state index is 0.583. The van der Waals surface area contributed by atoms with Crippen molar-refractivity contribution in [3.8, 4) is 0 Å². The standard InChI is InChI=1S/C13H15AsN4/c1-8(2)6-18-7-16-11-12(18)10-9(17-13(11)14)4-3-5-15-10/h3-5,7-8H,6,14H2,1-2H3. The maximum absolute atomic E-state index is 4.59. The number of aromatic nitrogens is 4. The van der Waals surface area contributed by atoms with Crippen molar-refractivity contribution in [1.82, 2.24) is 19.5 Å². The molecule has 3 rings (SSSR count). The molecule has 1 unspecified atom stereocenters. The number of hydrogen-bond donors (Lipinski definition) is 0. The molecule has 0 aliphatic rings. The van der Waals surface area contributed by atoms with E-state index in [1.165, 1.54) is 16.9 Å². The summed E-state index contributed by atoms with van der Waals surface area (Å²) in [5.41, 5.74) is 4.01. The van der Waals surface area contributed by atoms with Crippen LogP contribution in [0.15, 0.2) is 24.7 Å². The molecular formula is C13H15AsN4. The summed E-state index contributed by atoms with van der Waals surface area (Å²) in [5.74, 6) is 0.583. The van der Waals surface area contributed by atoms with E-state index in [4.69, 9.17) is 0 Å². The van der Waals surface area contributed by atoms with Crippen LogP contribution in [0.2, 0.25) is 0 Å². The van der Waals surface area contributed by atoms with Crippen molar-refractivity contribution in [2.24, 2.45) is 5.92 Å². The average molecular weight is 302 g/mol. The Morgan fingerprint density at radius 3 is 2.89 bits per heavy atom. The average Bonchev–Trinajstić information content (AvgIpc) is 2.73. The van der Waals surface area contributed by atoms with Crippen LogP contribution in [-0.2, 0) is 6.54 Å². The van der Waals surface area contributed by atoms with Crippen molar-refractivity contribution in [3.63, 3.8) is 0 Å². The van der Waals surface area contributed by atoms with Crippen LogP contribution < -0.4 is 4.48 Å². The molecule has 5 heteroatoms. The number of pyridine rings is 2. The second-order valence-electron chi connectivity index (χ2n) is 4.86. The monoisotopic (exact) mass is 302 g/mol. The Bertz CT molecular complexity index is 717. The van der Waals surface area contributed by atoms with E-state index in [0.29, 0.717) is 5.92 Å². The van der Waals surface area contributed by atoms with Gasteiger partial charge in [0, 0.05) is 0 Å². The SMILES string of the molecule is CC(C)Cn1cnc2c([AsH2])nc3cccnc3c21. The van der Waals surface area contributed by atoms with Crippen molar-refractivity contribution < 1.29 is 0 Å². The molecule has 0 bridgehead atoms. The molecule has 18 heavy (non-hydrogen) atoms. The molecule has 0 aliphatic carbocycles. The summed E-state index contributed by atoms with van der Waals surface area (Å²) in [6, 6.07) is 3.94. The van der Waals surface area contributed by atoms with Crippen molar-refractivity contribution in [2.75, 3.05) is 0 Å². The maximum atomic E-state index is 4.59. The van der Waals surface area contributed by atoms with E-state index in [1.807, 2.05) is 24.7 Å². The Balaban J connectivity index is 2.40. The first kappa shape index (κ1) is 11.7. The quantitative estimate of drug-likeness (QED) is 0.661. The fraction of sp³-hybridized carbons (Fsp3) is 0.308. The molecule has 1 atom stereocenters. The van der Waals surface area contributed by atoms with Crippen LogP contribution in [0.5, 0.6) is 0 Å². The first-order valence-electron chi connectivity index (χ1n) is 6.02. The summed E-state index contributed by atoms with van der Waals surface area (Å²) in [5, 5.41) is 0. The van der Waals surface area contributed by atoms with Crippen LogP contribution in [-0.4, -0.2) is 36.4 Å². The second-order valence-corrected chi connectivity index (χ2v) is 6.00. The van der Waals surface area contributed by atoms with Crippen LogP contribution in [0.4, 0.5) is 0 Å². The Hall–Kier alpha value is -1.41. The molecule has 0 saturated carbocycles. The molecule has 0 amide bonds. The molecular weight excluding hydrogens is 287 g/mol. The fourth-order valence-corrected chi connectivity index (χ4v) is 2.94. The van der Waals surface area contributed by atoms with Gasteiger partial charge in [-0.1, -0.05) is 0 Å². The molecule has 4 nitrogen and oxygen atoms in total. The van der Waals surface area contributed by atoms with Gasteiger partial charge in [-0.3, -0.25) is 0 Å². The molecule has 0 fully saturated rings. The van der Waals surface area contributed by atoms with E-state index in [0.717, 1.165) is 33.1 Å². The van der Waals surface area contributed by atoms with Gasteiger partial charge in [-0.15, -0.1) is 0 Å². The first-order chi connectivity index (χ1) is 8.66. The molecule has 3 heterocycles. The van der Waals surface area contributed by atoms with Gasteiger partial charge >= 0.3 is 114 Å². The third-order valence-electron chi connectivity index (χ3n) is 2.89. The molecule has 3 aromatic heterocycles. The van der Waals surface area contributed by atoms with Gasteiger partial charge in [0.1, 0.15) is 0 Å². The number of fused-ring (bicyclic) bond motifs is 3. The number of imidazole rings is 1. The Labute approximate surface area is 114 Å². The summed E-state index contributed by atoms with van der Waals surface area (Å²) in [6.07, 6.45) is 3.72. The molecule has 0 radical (unpaired) electrons. The van der Waals surface area contributed by atoms with Crippen LogP contribution in [0.3, 0.4) is 0 Å². The Kier molecular flexibility index (Phi) is 2.83. The Morgan fingerprint density at radius 2 is 2.11 bits per heavy atom. The zero-order chi connectivity index (χ0) is 12.7. The van der Waals surface area contributed by atoms with Crippen LogP contribution >= 0.6 is 0 Å². The van der Waals surface area contributed by atoms with Gasteiger partial charge in [0.25, 0.3) is 0 Å². The van der Waals surface area contributed by atoms with Crippen LogP contribution in [0.25, 0.3) is 22.1 Å². The van der Waals surface area contributed by atoms with Gasteiger partial charge in [-0.25, -0.2) is 0 Å². The third kappa shape index (κ3) is 1.81. The van der Waals surface area contributed by atoms with Gasteiger partial charge in [-0.05, 0) is 0 Å². The van der Waals surface area contributed by atoms with Gasteiger partial charge in [0.2, 0.25) is 0 Å².